The SMILES string of the molecule is COc1ccc(S(=O)(=O)Nc2ccc(Cl)cc2)cc1N(C)S(=O)(=O)c1ccc(Cl)cc1. The van der Waals surface area contributed by atoms with Gasteiger partial charge in [0, 0.05) is 22.8 Å². The molecule has 31 heavy (non-hydrogen) atoms. The number of halogens is 2. The molecule has 164 valence electrons. The van der Waals surface area contributed by atoms with Gasteiger partial charge in [0.25, 0.3) is 20.0 Å². The second kappa shape index (κ2) is 8.96. The summed E-state index contributed by atoms with van der Waals surface area (Å²) in [5.41, 5.74) is 0.361. The van der Waals surface area contributed by atoms with Crippen LogP contribution in [0.1, 0.15) is 0 Å². The van der Waals surface area contributed by atoms with E-state index in [1.54, 1.807) is 12.1 Å². The number of methoxy groups -OCH3 is 1. The second-order valence-electron chi connectivity index (χ2n) is 6.37. The Balaban J connectivity index is 2.01. The second-order valence-corrected chi connectivity index (χ2v) is 10.9. The maximum atomic E-state index is 13.0. The summed E-state index contributed by atoms with van der Waals surface area (Å²) in [5.74, 6) is 0.186. The quantitative estimate of drug-likeness (QED) is 0.510. The van der Waals surface area contributed by atoms with Crippen LogP contribution in [0.5, 0.6) is 5.75 Å². The molecule has 0 saturated heterocycles. The molecule has 0 fully saturated rings. The molecule has 0 atom stereocenters. The maximum absolute atomic E-state index is 13.0. The number of hydrogen-bond donors (Lipinski definition) is 1. The number of nitrogens with zero attached hydrogens (tertiary/aromatic N) is 1. The summed E-state index contributed by atoms with van der Waals surface area (Å²) in [7, 11) is -5.34. The summed E-state index contributed by atoms with van der Waals surface area (Å²) in [6.07, 6.45) is 0. The maximum Gasteiger partial charge on any atom is 0.264 e. The van der Waals surface area contributed by atoms with E-state index in [0.717, 1.165) is 4.31 Å². The van der Waals surface area contributed by atoms with Crippen LogP contribution in [-0.2, 0) is 20.0 Å². The Morgan fingerprint density at radius 2 is 1.32 bits per heavy atom. The largest absolute Gasteiger partial charge is 0.495 e. The van der Waals surface area contributed by atoms with Gasteiger partial charge in [0.1, 0.15) is 5.75 Å². The molecule has 3 aromatic carbocycles. The van der Waals surface area contributed by atoms with E-state index in [-0.39, 0.29) is 21.2 Å². The van der Waals surface area contributed by atoms with Crippen molar-refractivity contribution in [1.29, 1.82) is 0 Å². The summed E-state index contributed by atoms with van der Waals surface area (Å²) >= 11 is 11.7. The molecule has 0 saturated carbocycles. The van der Waals surface area contributed by atoms with Gasteiger partial charge in [-0.15, -0.1) is 0 Å². The number of ether oxygens (including phenoxy) is 1. The summed E-state index contributed by atoms with van der Waals surface area (Å²) in [6.45, 7) is 0. The highest BCUT2D eigenvalue weighted by Crippen LogP contribution is 2.34. The van der Waals surface area contributed by atoms with Gasteiger partial charge in [-0.05, 0) is 66.7 Å². The first kappa shape index (κ1) is 23.2. The first-order valence-electron chi connectivity index (χ1n) is 8.75. The van der Waals surface area contributed by atoms with Crippen LogP contribution < -0.4 is 13.8 Å². The van der Waals surface area contributed by atoms with Gasteiger partial charge in [-0.1, -0.05) is 23.2 Å². The van der Waals surface area contributed by atoms with E-state index in [4.69, 9.17) is 27.9 Å². The van der Waals surface area contributed by atoms with Crippen molar-refractivity contribution in [3.05, 3.63) is 76.8 Å². The summed E-state index contributed by atoms with van der Waals surface area (Å²) in [6, 6.07) is 15.7. The average Bonchev–Trinajstić information content (AvgIpc) is 2.74. The molecule has 0 unspecified atom stereocenters. The van der Waals surface area contributed by atoms with Gasteiger partial charge >= 0.3 is 0 Å². The highest BCUT2D eigenvalue weighted by molar-refractivity contribution is 7.93. The molecule has 0 radical (unpaired) electrons. The van der Waals surface area contributed by atoms with Crippen molar-refractivity contribution in [3.8, 4) is 5.75 Å². The van der Waals surface area contributed by atoms with E-state index >= 15 is 0 Å². The third-order valence-electron chi connectivity index (χ3n) is 4.37. The van der Waals surface area contributed by atoms with Crippen LogP contribution in [0.4, 0.5) is 11.4 Å². The van der Waals surface area contributed by atoms with Gasteiger partial charge in [0.15, 0.2) is 0 Å². The van der Waals surface area contributed by atoms with Gasteiger partial charge in [-0.3, -0.25) is 9.03 Å². The van der Waals surface area contributed by atoms with Crippen molar-refractivity contribution in [1.82, 2.24) is 0 Å². The Morgan fingerprint density at radius 1 is 0.806 bits per heavy atom. The average molecular weight is 501 g/mol. The molecule has 0 heterocycles. The van der Waals surface area contributed by atoms with Crippen LogP contribution in [0.3, 0.4) is 0 Å². The molecule has 3 aromatic rings. The molecule has 0 amide bonds. The van der Waals surface area contributed by atoms with E-state index in [9.17, 15) is 16.8 Å². The van der Waals surface area contributed by atoms with Gasteiger partial charge in [-0.2, -0.15) is 0 Å². The molecule has 7 nitrogen and oxygen atoms in total. The first-order chi connectivity index (χ1) is 14.5. The molecule has 3 rings (SSSR count). The topological polar surface area (TPSA) is 92.8 Å². The molecule has 0 bridgehead atoms. The van der Waals surface area contributed by atoms with Gasteiger partial charge < -0.3 is 4.74 Å². The summed E-state index contributed by atoms with van der Waals surface area (Å²) in [5, 5.41) is 0.851. The minimum Gasteiger partial charge on any atom is -0.495 e. The van der Waals surface area contributed by atoms with Crippen molar-refractivity contribution in [3.63, 3.8) is 0 Å². The zero-order chi connectivity index (χ0) is 22.8. The Bertz CT molecular complexity index is 1290. The lowest BCUT2D eigenvalue weighted by atomic mass is 10.3. The molecular formula is C20H18Cl2N2O5S2. The van der Waals surface area contributed by atoms with Crippen LogP contribution in [0.2, 0.25) is 10.0 Å². The smallest absolute Gasteiger partial charge is 0.264 e. The Hall–Kier alpha value is -2.46. The lowest BCUT2D eigenvalue weighted by molar-refractivity contribution is 0.415. The fraction of sp³-hybridized carbons (Fsp3) is 0.100. The first-order valence-corrected chi connectivity index (χ1v) is 12.4. The van der Waals surface area contributed by atoms with Gasteiger partial charge in [0.2, 0.25) is 0 Å². The van der Waals surface area contributed by atoms with Crippen molar-refractivity contribution in [2.45, 2.75) is 9.79 Å². The van der Waals surface area contributed by atoms with Crippen LogP contribution in [0.15, 0.2) is 76.5 Å². The van der Waals surface area contributed by atoms with Crippen LogP contribution >= 0.6 is 23.2 Å². The minimum atomic E-state index is -4.01. The number of sulfonamides is 2. The minimum absolute atomic E-state index is 0.00555. The molecule has 11 heteroatoms. The standard InChI is InChI=1S/C20H18Cl2N2O5S2/c1-24(31(27,28)17-9-5-15(22)6-10-17)19-13-18(11-12-20(19)29-2)30(25,26)23-16-7-3-14(21)4-8-16/h3-13,23H,1-2H3. The van der Waals surface area contributed by atoms with E-state index in [1.807, 2.05) is 0 Å². The van der Waals surface area contributed by atoms with Crippen molar-refractivity contribution < 1.29 is 21.6 Å². The third-order valence-corrected chi connectivity index (χ3v) is 8.04. The van der Waals surface area contributed by atoms with Crippen molar-refractivity contribution >= 4 is 54.6 Å². The number of rotatable bonds is 7. The molecule has 0 aliphatic rings. The van der Waals surface area contributed by atoms with Crippen LogP contribution in [-0.4, -0.2) is 31.0 Å². The van der Waals surface area contributed by atoms with Gasteiger partial charge in [-0.25, -0.2) is 16.8 Å². The third kappa shape index (κ3) is 5.07. The van der Waals surface area contributed by atoms with Crippen LogP contribution in [0, 0.1) is 0 Å². The van der Waals surface area contributed by atoms with Crippen LogP contribution in [0.25, 0.3) is 0 Å². The predicted octanol–water partition coefficient (Wildman–Crippen LogP) is 4.63. The van der Waals surface area contributed by atoms with Crippen molar-refractivity contribution in [2.75, 3.05) is 23.2 Å². The monoisotopic (exact) mass is 500 g/mol. The Morgan fingerprint density at radius 3 is 1.87 bits per heavy atom. The van der Waals surface area contributed by atoms with E-state index in [0.29, 0.717) is 15.7 Å². The molecule has 0 aliphatic heterocycles. The number of nitrogens with one attached hydrogen (secondary N) is 1. The van der Waals surface area contributed by atoms with E-state index < -0.39 is 20.0 Å². The lowest BCUT2D eigenvalue weighted by Gasteiger charge is -2.22. The Kier molecular flexibility index (Phi) is 6.70. The number of benzene rings is 3. The Labute approximate surface area is 191 Å². The summed E-state index contributed by atoms with van der Waals surface area (Å²) < 4.78 is 60.4. The molecule has 0 aromatic heterocycles. The number of anilines is 2. The zero-order valence-electron chi connectivity index (χ0n) is 16.4. The highest BCUT2D eigenvalue weighted by atomic mass is 35.5. The zero-order valence-corrected chi connectivity index (χ0v) is 19.6. The van der Waals surface area contributed by atoms with Crippen molar-refractivity contribution in [2.24, 2.45) is 0 Å². The summed E-state index contributed by atoms with van der Waals surface area (Å²) in [4.78, 5) is -0.148. The van der Waals surface area contributed by atoms with Gasteiger partial charge in [0.05, 0.1) is 22.6 Å². The lowest BCUT2D eigenvalue weighted by Crippen LogP contribution is -2.27. The fourth-order valence-corrected chi connectivity index (χ4v) is 5.24. The molecule has 1 N–H and O–H groups in total. The molecular weight excluding hydrogens is 483 g/mol. The normalized spacial score (nSPS) is 11.7. The molecule has 0 spiro atoms. The molecule has 0 aliphatic carbocycles. The fourth-order valence-electron chi connectivity index (χ4n) is 2.71. The van der Waals surface area contributed by atoms with E-state index in [1.165, 1.54) is 68.8 Å². The predicted molar refractivity (Wildman–Crippen MR) is 122 cm³/mol. The highest BCUT2D eigenvalue weighted by Gasteiger charge is 2.26. The van der Waals surface area contributed by atoms with E-state index in [2.05, 4.69) is 4.72 Å². The number of hydrogen-bond acceptors (Lipinski definition) is 5.